The molecule has 160 valence electrons. The molecule has 0 atom stereocenters. The quantitative estimate of drug-likeness (QED) is 0.284. The molecule has 4 aromatic rings. The van der Waals surface area contributed by atoms with Gasteiger partial charge in [-0.2, -0.15) is 4.73 Å². The predicted octanol–water partition coefficient (Wildman–Crippen LogP) is 3.06. The second-order valence-electron chi connectivity index (χ2n) is 7.65. The van der Waals surface area contributed by atoms with Crippen LogP contribution >= 0.6 is 0 Å². The van der Waals surface area contributed by atoms with Gasteiger partial charge >= 0.3 is 0 Å². The molecule has 1 aliphatic rings. The molecule has 7 nitrogen and oxygen atoms in total. The van der Waals surface area contributed by atoms with E-state index >= 15 is 4.39 Å². The zero-order valence-electron chi connectivity index (χ0n) is 17.2. The second-order valence-corrected chi connectivity index (χ2v) is 7.65. The maximum absolute atomic E-state index is 15.7. The largest absolute Gasteiger partial charge is 0.619 e. The third kappa shape index (κ3) is 3.30. The molecule has 1 aromatic carbocycles. The number of fused-ring (bicyclic) bond motifs is 2. The highest BCUT2D eigenvalue weighted by Crippen LogP contribution is 2.33. The van der Waals surface area contributed by atoms with Crippen molar-refractivity contribution < 1.29 is 13.9 Å². The van der Waals surface area contributed by atoms with E-state index in [0.717, 1.165) is 11.1 Å². The molecule has 0 spiro atoms. The van der Waals surface area contributed by atoms with Crippen molar-refractivity contribution in [2.45, 2.75) is 0 Å². The van der Waals surface area contributed by atoms with E-state index in [9.17, 15) is 10.0 Å². The average molecular weight is 429 g/mol. The van der Waals surface area contributed by atoms with Gasteiger partial charge in [-0.3, -0.25) is 14.8 Å². The van der Waals surface area contributed by atoms with E-state index in [-0.39, 0.29) is 17.1 Å². The van der Waals surface area contributed by atoms with Crippen molar-refractivity contribution in [3.8, 4) is 11.3 Å². The second kappa shape index (κ2) is 7.88. The molecule has 0 bridgehead atoms. The summed E-state index contributed by atoms with van der Waals surface area (Å²) in [6.45, 7) is 5.88. The van der Waals surface area contributed by atoms with E-state index in [1.807, 2.05) is 24.3 Å². The lowest BCUT2D eigenvalue weighted by atomic mass is 10.0. The standard InChI is InChI=1S/C24H20FN5O2/c1-2-21(31)29-11-9-28(10-12-29)20-7-8-26-23-18(20)13-27-24(22(23)25)19-15-30(32)14-16-5-3-4-6-17(16)19/h2-8,13-15H,1,9-12H2. The first-order chi connectivity index (χ1) is 15.6. The third-order valence-corrected chi connectivity index (χ3v) is 5.84. The minimum absolute atomic E-state index is 0.0879. The summed E-state index contributed by atoms with van der Waals surface area (Å²) < 4.78 is 16.3. The Morgan fingerprint density at radius 3 is 2.66 bits per heavy atom. The summed E-state index contributed by atoms with van der Waals surface area (Å²) in [6, 6.07) is 9.14. The van der Waals surface area contributed by atoms with Crippen LogP contribution in [0.3, 0.4) is 0 Å². The number of piperazine rings is 1. The van der Waals surface area contributed by atoms with E-state index in [1.54, 1.807) is 23.4 Å². The first-order valence-electron chi connectivity index (χ1n) is 10.3. The van der Waals surface area contributed by atoms with E-state index in [2.05, 4.69) is 21.4 Å². The number of halogens is 1. The molecule has 5 rings (SSSR count). The molecule has 0 unspecified atom stereocenters. The number of carbonyl (C=O) groups is 1. The van der Waals surface area contributed by atoms with Gasteiger partial charge in [-0.05, 0) is 18.2 Å². The smallest absolute Gasteiger partial charge is 0.246 e. The van der Waals surface area contributed by atoms with Crippen LogP contribution in [-0.2, 0) is 4.79 Å². The Morgan fingerprint density at radius 1 is 1.09 bits per heavy atom. The highest BCUT2D eigenvalue weighted by molar-refractivity contribution is 5.98. The Morgan fingerprint density at radius 2 is 1.88 bits per heavy atom. The number of hydrogen-bond acceptors (Lipinski definition) is 5. The fourth-order valence-electron chi connectivity index (χ4n) is 4.24. The van der Waals surface area contributed by atoms with Crippen LogP contribution in [0.2, 0.25) is 0 Å². The lowest BCUT2D eigenvalue weighted by Crippen LogP contribution is -2.48. The van der Waals surface area contributed by atoms with Crippen LogP contribution in [-0.4, -0.2) is 47.0 Å². The highest BCUT2D eigenvalue weighted by atomic mass is 19.1. The van der Waals surface area contributed by atoms with Gasteiger partial charge in [-0.25, -0.2) is 4.39 Å². The van der Waals surface area contributed by atoms with Crippen LogP contribution in [0, 0.1) is 11.0 Å². The number of pyridine rings is 3. The van der Waals surface area contributed by atoms with Gasteiger partial charge in [-0.1, -0.05) is 24.8 Å². The van der Waals surface area contributed by atoms with E-state index < -0.39 is 5.82 Å². The number of carbonyl (C=O) groups excluding carboxylic acids is 1. The molecular weight excluding hydrogens is 409 g/mol. The molecule has 0 radical (unpaired) electrons. The normalized spacial score (nSPS) is 14.2. The van der Waals surface area contributed by atoms with E-state index in [0.29, 0.717) is 47.2 Å². The van der Waals surface area contributed by atoms with Gasteiger partial charge in [0.05, 0.1) is 5.56 Å². The van der Waals surface area contributed by atoms with Crippen LogP contribution in [0.5, 0.6) is 0 Å². The van der Waals surface area contributed by atoms with E-state index in [1.165, 1.54) is 18.5 Å². The Kier molecular flexibility index (Phi) is 4.89. The van der Waals surface area contributed by atoms with Gasteiger partial charge in [0.25, 0.3) is 0 Å². The Labute approximate surface area is 183 Å². The molecule has 0 aliphatic carbocycles. The lowest BCUT2D eigenvalue weighted by molar-refractivity contribution is -0.603. The maximum atomic E-state index is 15.7. The fourth-order valence-corrected chi connectivity index (χ4v) is 4.24. The molecule has 3 aromatic heterocycles. The van der Waals surface area contributed by atoms with Crippen molar-refractivity contribution in [2.75, 3.05) is 31.1 Å². The zero-order valence-corrected chi connectivity index (χ0v) is 17.2. The van der Waals surface area contributed by atoms with Gasteiger partial charge in [-0.15, -0.1) is 0 Å². The number of hydrogen-bond donors (Lipinski definition) is 0. The number of aromatic nitrogens is 3. The van der Waals surface area contributed by atoms with Crippen LogP contribution in [0.1, 0.15) is 0 Å². The number of nitrogens with zero attached hydrogens (tertiary/aromatic N) is 5. The minimum atomic E-state index is -0.568. The summed E-state index contributed by atoms with van der Waals surface area (Å²) >= 11 is 0. The summed E-state index contributed by atoms with van der Waals surface area (Å²) in [7, 11) is 0. The van der Waals surface area contributed by atoms with Crippen LogP contribution < -0.4 is 9.63 Å². The summed E-state index contributed by atoms with van der Waals surface area (Å²) in [4.78, 5) is 24.4. The Bertz CT molecular complexity index is 1370. The predicted molar refractivity (Wildman–Crippen MR) is 120 cm³/mol. The van der Waals surface area contributed by atoms with Gasteiger partial charge < -0.3 is 15.0 Å². The summed E-state index contributed by atoms with van der Waals surface area (Å²) in [5.41, 5.74) is 1.52. The molecular formula is C24H20FN5O2. The molecule has 1 fully saturated rings. The van der Waals surface area contributed by atoms with Crippen molar-refractivity contribution in [3.63, 3.8) is 0 Å². The lowest BCUT2D eigenvalue weighted by Gasteiger charge is -2.36. The number of amides is 1. The number of rotatable bonds is 3. The molecule has 1 aliphatic heterocycles. The molecule has 1 amide bonds. The van der Waals surface area contributed by atoms with Crippen molar-refractivity contribution in [1.29, 1.82) is 0 Å². The van der Waals surface area contributed by atoms with Crippen molar-refractivity contribution in [1.82, 2.24) is 14.9 Å². The Hall–Kier alpha value is -4.07. The molecule has 8 heteroatoms. The maximum Gasteiger partial charge on any atom is 0.246 e. The SMILES string of the molecule is C=CC(=O)N1CCN(c2ccnc3c(F)c(-c4c[n+]([O-])cc5ccccc45)ncc23)CC1. The topological polar surface area (TPSA) is 76.3 Å². The highest BCUT2D eigenvalue weighted by Gasteiger charge is 2.23. The number of benzene rings is 1. The van der Waals surface area contributed by atoms with Crippen LogP contribution in [0.25, 0.3) is 32.9 Å². The fraction of sp³-hybridized carbons (Fsp3) is 0.167. The molecule has 0 saturated carbocycles. The number of anilines is 1. The minimum Gasteiger partial charge on any atom is -0.619 e. The van der Waals surface area contributed by atoms with Crippen LogP contribution in [0.15, 0.2) is 67.8 Å². The zero-order chi connectivity index (χ0) is 22.2. The van der Waals surface area contributed by atoms with Crippen molar-refractivity contribution in [2.24, 2.45) is 0 Å². The monoisotopic (exact) mass is 429 g/mol. The molecule has 4 heterocycles. The first kappa shape index (κ1) is 19.9. The van der Waals surface area contributed by atoms with Gasteiger partial charge in [0, 0.05) is 60.4 Å². The molecule has 1 saturated heterocycles. The Balaban J connectivity index is 1.57. The van der Waals surface area contributed by atoms with Crippen LogP contribution in [0.4, 0.5) is 10.1 Å². The van der Waals surface area contributed by atoms with E-state index in [4.69, 9.17) is 0 Å². The summed E-state index contributed by atoms with van der Waals surface area (Å²) in [5.74, 6) is -0.659. The van der Waals surface area contributed by atoms with Gasteiger partial charge in [0.15, 0.2) is 18.2 Å². The average Bonchev–Trinajstić information content (AvgIpc) is 2.83. The summed E-state index contributed by atoms with van der Waals surface area (Å²) in [6.07, 6.45) is 7.28. The molecule has 0 N–H and O–H groups in total. The van der Waals surface area contributed by atoms with Crippen molar-refractivity contribution >= 4 is 33.3 Å². The molecule has 32 heavy (non-hydrogen) atoms. The third-order valence-electron chi connectivity index (χ3n) is 5.84. The van der Waals surface area contributed by atoms with Crippen molar-refractivity contribution in [3.05, 3.63) is 78.8 Å². The summed E-state index contributed by atoms with van der Waals surface area (Å²) in [5, 5.41) is 14.2. The first-order valence-corrected chi connectivity index (χ1v) is 10.3. The van der Waals surface area contributed by atoms with Gasteiger partial charge in [0.1, 0.15) is 11.2 Å². The van der Waals surface area contributed by atoms with Gasteiger partial charge in [0.2, 0.25) is 5.91 Å².